The molecule has 1 heterocycles. The minimum absolute atomic E-state index is 0.0324. The number of nitro benzene ring substituents is 1. The van der Waals surface area contributed by atoms with E-state index in [2.05, 4.69) is 4.98 Å². The van der Waals surface area contributed by atoms with Crippen molar-refractivity contribution in [3.63, 3.8) is 0 Å². The van der Waals surface area contributed by atoms with Gasteiger partial charge in [0.2, 0.25) is 0 Å². The maximum atomic E-state index is 11.6. The third-order valence-electron chi connectivity index (χ3n) is 2.57. The Morgan fingerprint density at radius 3 is 2.70 bits per heavy atom. The molecule has 7 heteroatoms. The Hall–Kier alpha value is -2.28. The fourth-order valence-corrected chi connectivity index (χ4v) is 2.23. The van der Waals surface area contributed by atoms with Crippen molar-refractivity contribution in [2.75, 3.05) is 0 Å². The molecule has 0 aliphatic heterocycles. The number of ether oxygens (including phenoxy) is 1. The largest absolute Gasteiger partial charge is 0.427 e. The van der Waals surface area contributed by atoms with Gasteiger partial charge in [-0.3, -0.25) is 19.9 Å². The molecule has 0 spiro atoms. The molecule has 1 aromatic heterocycles. The van der Waals surface area contributed by atoms with E-state index in [1.807, 2.05) is 0 Å². The van der Waals surface area contributed by atoms with Gasteiger partial charge in [0.15, 0.2) is 0 Å². The zero-order chi connectivity index (χ0) is 14.4. The Balaban J connectivity index is 1.77. The second kappa shape index (κ2) is 6.76. The number of aryl methyl sites for hydroxylation is 1. The van der Waals surface area contributed by atoms with Crippen molar-refractivity contribution in [2.24, 2.45) is 0 Å². The Kier molecular flexibility index (Phi) is 4.78. The summed E-state index contributed by atoms with van der Waals surface area (Å²) in [4.78, 5) is 26.7. The first-order valence-electron chi connectivity index (χ1n) is 5.97. The van der Waals surface area contributed by atoms with E-state index in [1.165, 1.54) is 24.3 Å². The van der Waals surface area contributed by atoms with Gasteiger partial charge in [0.25, 0.3) is 5.69 Å². The van der Waals surface area contributed by atoms with E-state index in [1.54, 1.807) is 23.0 Å². The molecule has 0 amide bonds. The van der Waals surface area contributed by atoms with Crippen LogP contribution in [0.5, 0.6) is 5.75 Å². The van der Waals surface area contributed by atoms with Crippen LogP contribution in [0.1, 0.15) is 17.7 Å². The first kappa shape index (κ1) is 14.1. The maximum Gasteiger partial charge on any atom is 0.311 e. The lowest BCUT2D eigenvalue weighted by atomic mass is 10.2. The summed E-state index contributed by atoms with van der Waals surface area (Å²) in [6, 6.07) is 5.44. The molecule has 20 heavy (non-hydrogen) atoms. The number of aromatic nitrogens is 1. The van der Waals surface area contributed by atoms with Crippen molar-refractivity contribution in [3.05, 3.63) is 51.0 Å². The van der Waals surface area contributed by atoms with Gasteiger partial charge in [0, 0.05) is 29.6 Å². The summed E-state index contributed by atoms with van der Waals surface area (Å²) < 4.78 is 5.09. The molecule has 6 nitrogen and oxygen atoms in total. The molecule has 0 radical (unpaired) electrons. The molecule has 104 valence electrons. The monoisotopic (exact) mass is 292 g/mol. The van der Waals surface area contributed by atoms with Crippen LogP contribution in [0.25, 0.3) is 0 Å². The van der Waals surface area contributed by atoms with E-state index >= 15 is 0 Å². The van der Waals surface area contributed by atoms with Crippen molar-refractivity contribution in [1.29, 1.82) is 0 Å². The first-order chi connectivity index (χ1) is 9.65. The highest BCUT2D eigenvalue weighted by Gasteiger charge is 2.08. The lowest BCUT2D eigenvalue weighted by molar-refractivity contribution is -0.384. The summed E-state index contributed by atoms with van der Waals surface area (Å²) in [5.74, 6) is -0.0261. The maximum absolute atomic E-state index is 11.6. The number of hydrogen-bond donors (Lipinski definition) is 0. The van der Waals surface area contributed by atoms with Gasteiger partial charge in [0.1, 0.15) is 5.75 Å². The number of thiazole rings is 1. The summed E-state index contributed by atoms with van der Waals surface area (Å²) in [5, 5.41) is 10.5. The third-order valence-corrected chi connectivity index (χ3v) is 3.41. The molecule has 0 N–H and O–H groups in total. The quantitative estimate of drug-likeness (QED) is 0.354. The molecule has 0 unspecified atom stereocenters. The second-order valence-corrected chi connectivity index (χ2v) is 5.02. The van der Waals surface area contributed by atoms with Crippen LogP contribution in [-0.2, 0) is 11.2 Å². The minimum Gasteiger partial charge on any atom is -0.427 e. The third kappa shape index (κ3) is 4.13. The second-order valence-electron chi connectivity index (χ2n) is 4.05. The van der Waals surface area contributed by atoms with E-state index < -0.39 is 4.92 Å². The Labute approximate surface area is 119 Å². The molecular weight excluding hydrogens is 280 g/mol. The summed E-state index contributed by atoms with van der Waals surface area (Å²) in [6.07, 6.45) is 3.56. The Bertz CT molecular complexity index is 581. The van der Waals surface area contributed by atoms with Crippen molar-refractivity contribution in [2.45, 2.75) is 19.3 Å². The molecular formula is C13H12N2O4S. The van der Waals surface area contributed by atoms with Crippen molar-refractivity contribution in [1.82, 2.24) is 4.98 Å². The molecule has 1 aromatic carbocycles. The molecule has 0 saturated carbocycles. The predicted molar refractivity (Wildman–Crippen MR) is 73.8 cm³/mol. The van der Waals surface area contributed by atoms with Crippen molar-refractivity contribution >= 4 is 23.0 Å². The van der Waals surface area contributed by atoms with Gasteiger partial charge in [-0.2, -0.15) is 0 Å². The molecule has 0 aliphatic carbocycles. The molecule has 0 bridgehead atoms. The minimum atomic E-state index is -0.499. The fourth-order valence-electron chi connectivity index (χ4n) is 1.59. The van der Waals surface area contributed by atoms with Crippen LogP contribution >= 0.6 is 11.3 Å². The lowest BCUT2D eigenvalue weighted by Gasteiger charge is -2.03. The Morgan fingerprint density at radius 1 is 1.35 bits per heavy atom. The zero-order valence-electron chi connectivity index (χ0n) is 10.5. The SMILES string of the molecule is O=C(CCCc1cncs1)Oc1ccc([N+](=O)[O-])cc1. The standard InChI is InChI=1S/C13H12N2O4S/c16-13(3-1-2-12-8-14-9-20-12)19-11-6-4-10(5-7-11)15(17)18/h4-9H,1-3H2. The smallest absolute Gasteiger partial charge is 0.311 e. The number of carbonyl (C=O) groups is 1. The normalized spacial score (nSPS) is 10.2. The molecule has 0 atom stereocenters. The highest BCUT2D eigenvalue weighted by molar-refractivity contribution is 7.09. The fraction of sp³-hybridized carbons (Fsp3) is 0.231. The van der Waals surface area contributed by atoms with Gasteiger partial charge >= 0.3 is 5.97 Å². The molecule has 0 fully saturated rings. The van der Waals surface area contributed by atoms with E-state index in [0.29, 0.717) is 18.6 Å². The molecule has 2 rings (SSSR count). The average Bonchev–Trinajstić information content (AvgIpc) is 2.92. The predicted octanol–water partition coefficient (Wildman–Crippen LogP) is 2.98. The summed E-state index contributed by atoms with van der Waals surface area (Å²) in [6.45, 7) is 0. The van der Waals surface area contributed by atoms with Crippen molar-refractivity contribution in [3.8, 4) is 5.75 Å². The topological polar surface area (TPSA) is 82.3 Å². The van der Waals surface area contributed by atoms with Crippen LogP contribution in [0.4, 0.5) is 5.69 Å². The Morgan fingerprint density at radius 2 is 2.10 bits per heavy atom. The first-order valence-corrected chi connectivity index (χ1v) is 6.85. The number of carbonyl (C=O) groups excluding carboxylic acids is 1. The van der Waals surface area contributed by atoms with Crippen LogP contribution in [-0.4, -0.2) is 15.9 Å². The van der Waals surface area contributed by atoms with Gasteiger partial charge in [-0.1, -0.05) is 0 Å². The van der Waals surface area contributed by atoms with E-state index in [4.69, 9.17) is 4.74 Å². The van der Waals surface area contributed by atoms with Crippen LogP contribution in [0.15, 0.2) is 36.0 Å². The number of esters is 1. The molecule has 0 aliphatic rings. The number of nitro groups is 1. The number of nitrogens with zero attached hydrogens (tertiary/aromatic N) is 2. The van der Waals surface area contributed by atoms with Gasteiger partial charge in [-0.05, 0) is 25.0 Å². The molecule has 2 aromatic rings. The van der Waals surface area contributed by atoms with Gasteiger partial charge in [-0.25, -0.2) is 0 Å². The van der Waals surface area contributed by atoms with Crippen LogP contribution < -0.4 is 4.74 Å². The van der Waals surface area contributed by atoms with Crippen LogP contribution in [0.3, 0.4) is 0 Å². The number of non-ortho nitro benzene ring substituents is 1. The summed E-state index contributed by atoms with van der Waals surface area (Å²) in [5.41, 5.74) is 1.72. The number of rotatable bonds is 6. The van der Waals surface area contributed by atoms with Gasteiger partial charge in [-0.15, -0.1) is 11.3 Å². The van der Waals surface area contributed by atoms with Crippen LogP contribution in [0.2, 0.25) is 0 Å². The average molecular weight is 292 g/mol. The van der Waals surface area contributed by atoms with Gasteiger partial charge < -0.3 is 4.74 Å². The van der Waals surface area contributed by atoms with E-state index in [-0.39, 0.29) is 11.7 Å². The lowest BCUT2D eigenvalue weighted by Crippen LogP contribution is -2.07. The summed E-state index contributed by atoms with van der Waals surface area (Å²) in [7, 11) is 0. The van der Waals surface area contributed by atoms with Crippen LogP contribution in [0, 0.1) is 10.1 Å². The van der Waals surface area contributed by atoms with Crippen molar-refractivity contribution < 1.29 is 14.5 Å². The zero-order valence-corrected chi connectivity index (χ0v) is 11.3. The number of benzene rings is 1. The van der Waals surface area contributed by atoms with E-state index in [9.17, 15) is 14.9 Å². The highest BCUT2D eigenvalue weighted by atomic mass is 32.1. The highest BCUT2D eigenvalue weighted by Crippen LogP contribution is 2.18. The molecule has 0 saturated heterocycles. The van der Waals surface area contributed by atoms with Gasteiger partial charge in [0.05, 0.1) is 10.4 Å². The van der Waals surface area contributed by atoms with E-state index in [0.717, 1.165) is 11.3 Å². The summed E-state index contributed by atoms with van der Waals surface area (Å²) >= 11 is 1.56. The number of hydrogen-bond acceptors (Lipinski definition) is 6.